The number of carbonyl (C=O) groups excluding carboxylic acids is 1. The van der Waals surface area contributed by atoms with Crippen molar-refractivity contribution in [1.29, 1.82) is 0 Å². The number of hydrogen-bond acceptors (Lipinski definition) is 2. The summed E-state index contributed by atoms with van der Waals surface area (Å²) in [7, 11) is 0. The van der Waals surface area contributed by atoms with E-state index in [0.717, 1.165) is 24.2 Å². The number of hydrogen-bond donors (Lipinski definition) is 2. The largest absolute Gasteiger partial charge is 0.398 e. The summed E-state index contributed by atoms with van der Waals surface area (Å²) in [6.45, 7) is 1.36. The number of anilines is 1. The third kappa shape index (κ3) is 1.76. The third-order valence-corrected chi connectivity index (χ3v) is 3.42. The second-order valence-electron chi connectivity index (χ2n) is 4.55. The number of nitrogens with zero attached hydrogens (tertiary/aromatic N) is 1. The molecule has 92 valence electrons. The number of benzene rings is 1. The molecule has 0 saturated carbocycles. The molecule has 0 aliphatic carbocycles. The highest BCUT2D eigenvalue weighted by Crippen LogP contribution is 2.24. The molecule has 3 rings (SSSR count). The van der Waals surface area contributed by atoms with Crippen LogP contribution in [0.2, 0.25) is 0 Å². The predicted molar refractivity (Wildman–Crippen MR) is 70.1 cm³/mol. The monoisotopic (exact) mass is 241 g/mol. The van der Waals surface area contributed by atoms with Gasteiger partial charge in [0, 0.05) is 25.0 Å². The number of amides is 1. The van der Waals surface area contributed by atoms with Crippen LogP contribution in [-0.4, -0.2) is 22.3 Å². The van der Waals surface area contributed by atoms with Crippen molar-refractivity contribution in [3.63, 3.8) is 0 Å². The molecule has 18 heavy (non-hydrogen) atoms. The molecule has 0 spiro atoms. The smallest absolute Gasteiger partial charge is 0.270 e. The fourth-order valence-corrected chi connectivity index (χ4v) is 2.45. The first-order valence-electron chi connectivity index (χ1n) is 6.04. The molecule has 2 aromatic rings. The van der Waals surface area contributed by atoms with Crippen LogP contribution >= 0.6 is 0 Å². The number of nitrogen functional groups attached to an aromatic ring is 1. The topological polar surface area (TPSA) is 62.1 Å². The van der Waals surface area contributed by atoms with E-state index in [1.165, 1.54) is 5.56 Å². The van der Waals surface area contributed by atoms with Crippen molar-refractivity contribution in [3.05, 3.63) is 53.3 Å². The Morgan fingerprint density at radius 3 is 2.94 bits per heavy atom. The van der Waals surface area contributed by atoms with E-state index in [1.807, 2.05) is 29.2 Å². The normalized spacial score (nSPS) is 14.3. The van der Waals surface area contributed by atoms with Gasteiger partial charge in [-0.1, -0.05) is 12.1 Å². The molecule has 1 aliphatic heterocycles. The van der Waals surface area contributed by atoms with Gasteiger partial charge in [-0.15, -0.1) is 0 Å². The number of aromatic nitrogens is 1. The maximum absolute atomic E-state index is 12.2. The molecule has 2 heterocycles. The number of carbonyl (C=O) groups is 1. The Hall–Kier alpha value is -2.23. The molecule has 4 heteroatoms. The standard InChI is InChI=1S/C14H15N3O/c15-12-4-1-3-10-9-17(8-6-11(10)12)14(18)13-5-2-7-16-13/h1-5,7,16H,6,8-9,15H2. The second-order valence-corrected chi connectivity index (χ2v) is 4.55. The highest BCUT2D eigenvalue weighted by molar-refractivity contribution is 5.92. The Kier molecular flexibility index (Phi) is 2.55. The first kappa shape index (κ1) is 10.9. The quantitative estimate of drug-likeness (QED) is 0.748. The van der Waals surface area contributed by atoms with Crippen molar-refractivity contribution in [2.24, 2.45) is 0 Å². The summed E-state index contributed by atoms with van der Waals surface area (Å²) in [5.41, 5.74) is 9.76. The maximum Gasteiger partial charge on any atom is 0.270 e. The van der Waals surface area contributed by atoms with Gasteiger partial charge in [0.05, 0.1) is 0 Å². The molecule has 0 fully saturated rings. The average molecular weight is 241 g/mol. The Labute approximate surface area is 105 Å². The fraction of sp³-hybridized carbons (Fsp3) is 0.214. The van der Waals surface area contributed by atoms with Crippen molar-refractivity contribution >= 4 is 11.6 Å². The van der Waals surface area contributed by atoms with Crippen LogP contribution in [0.3, 0.4) is 0 Å². The van der Waals surface area contributed by atoms with Gasteiger partial charge in [-0.05, 0) is 35.7 Å². The minimum Gasteiger partial charge on any atom is -0.398 e. The Balaban J connectivity index is 1.85. The number of rotatable bonds is 1. The summed E-state index contributed by atoms with van der Waals surface area (Å²) in [6.07, 6.45) is 2.59. The maximum atomic E-state index is 12.2. The van der Waals surface area contributed by atoms with Gasteiger partial charge in [0.25, 0.3) is 5.91 Å². The molecule has 0 saturated heterocycles. The van der Waals surface area contributed by atoms with Crippen LogP contribution in [0, 0.1) is 0 Å². The van der Waals surface area contributed by atoms with E-state index in [0.29, 0.717) is 12.2 Å². The molecule has 0 unspecified atom stereocenters. The van der Waals surface area contributed by atoms with E-state index < -0.39 is 0 Å². The molecule has 1 aromatic carbocycles. The molecular weight excluding hydrogens is 226 g/mol. The van der Waals surface area contributed by atoms with Crippen LogP contribution in [0.4, 0.5) is 5.69 Å². The first-order valence-corrected chi connectivity index (χ1v) is 6.04. The molecule has 1 amide bonds. The predicted octanol–water partition coefficient (Wildman–Crippen LogP) is 1.80. The van der Waals surface area contributed by atoms with Crippen LogP contribution < -0.4 is 5.73 Å². The van der Waals surface area contributed by atoms with Crippen LogP contribution in [-0.2, 0) is 13.0 Å². The highest BCUT2D eigenvalue weighted by Gasteiger charge is 2.22. The zero-order valence-electron chi connectivity index (χ0n) is 10.0. The van der Waals surface area contributed by atoms with Crippen LogP contribution in [0.5, 0.6) is 0 Å². The van der Waals surface area contributed by atoms with Gasteiger partial charge >= 0.3 is 0 Å². The minimum absolute atomic E-state index is 0.0491. The SMILES string of the molecule is Nc1cccc2c1CCN(C(=O)c1ccc[nH]1)C2. The molecule has 0 atom stereocenters. The highest BCUT2D eigenvalue weighted by atomic mass is 16.2. The van der Waals surface area contributed by atoms with Gasteiger partial charge in [-0.25, -0.2) is 0 Å². The number of nitrogens with one attached hydrogen (secondary N) is 1. The Morgan fingerprint density at radius 2 is 2.17 bits per heavy atom. The minimum atomic E-state index is 0.0491. The molecule has 1 aromatic heterocycles. The van der Waals surface area contributed by atoms with Gasteiger partial charge in [0.2, 0.25) is 0 Å². The zero-order chi connectivity index (χ0) is 12.5. The lowest BCUT2D eigenvalue weighted by Crippen LogP contribution is -2.36. The van der Waals surface area contributed by atoms with Crippen molar-refractivity contribution in [2.75, 3.05) is 12.3 Å². The van der Waals surface area contributed by atoms with Gasteiger partial charge in [0.1, 0.15) is 5.69 Å². The van der Waals surface area contributed by atoms with E-state index in [9.17, 15) is 4.79 Å². The van der Waals surface area contributed by atoms with Crippen LogP contribution in [0.25, 0.3) is 0 Å². The van der Waals surface area contributed by atoms with Crippen LogP contribution in [0.1, 0.15) is 21.6 Å². The zero-order valence-corrected chi connectivity index (χ0v) is 10.0. The Bertz CT molecular complexity index is 575. The Morgan fingerprint density at radius 1 is 1.28 bits per heavy atom. The van der Waals surface area contributed by atoms with E-state index >= 15 is 0 Å². The summed E-state index contributed by atoms with van der Waals surface area (Å²) < 4.78 is 0. The lowest BCUT2D eigenvalue weighted by molar-refractivity contribution is 0.0729. The summed E-state index contributed by atoms with van der Waals surface area (Å²) in [5, 5.41) is 0. The third-order valence-electron chi connectivity index (χ3n) is 3.42. The van der Waals surface area contributed by atoms with Crippen molar-refractivity contribution in [3.8, 4) is 0 Å². The van der Waals surface area contributed by atoms with Crippen LogP contribution in [0.15, 0.2) is 36.5 Å². The molecule has 3 N–H and O–H groups in total. The number of H-pyrrole nitrogens is 1. The van der Waals surface area contributed by atoms with Gasteiger partial charge in [0.15, 0.2) is 0 Å². The first-order chi connectivity index (χ1) is 8.75. The van der Waals surface area contributed by atoms with E-state index in [2.05, 4.69) is 4.98 Å². The molecular formula is C14H15N3O. The number of aromatic amines is 1. The van der Waals surface area contributed by atoms with Gasteiger partial charge < -0.3 is 15.6 Å². The van der Waals surface area contributed by atoms with Crippen molar-refractivity contribution in [1.82, 2.24) is 9.88 Å². The summed E-state index contributed by atoms with van der Waals surface area (Å²) in [4.78, 5) is 17.0. The summed E-state index contributed by atoms with van der Waals surface area (Å²) in [5.74, 6) is 0.0491. The van der Waals surface area contributed by atoms with Gasteiger partial charge in [-0.2, -0.15) is 0 Å². The van der Waals surface area contributed by atoms with E-state index in [4.69, 9.17) is 5.73 Å². The van der Waals surface area contributed by atoms with E-state index in [1.54, 1.807) is 12.3 Å². The average Bonchev–Trinajstić information content (AvgIpc) is 2.91. The summed E-state index contributed by atoms with van der Waals surface area (Å²) >= 11 is 0. The van der Waals surface area contributed by atoms with E-state index in [-0.39, 0.29) is 5.91 Å². The summed E-state index contributed by atoms with van der Waals surface area (Å²) in [6, 6.07) is 9.54. The molecule has 1 aliphatic rings. The molecule has 0 radical (unpaired) electrons. The van der Waals surface area contributed by atoms with Crippen molar-refractivity contribution in [2.45, 2.75) is 13.0 Å². The molecule has 4 nitrogen and oxygen atoms in total. The lowest BCUT2D eigenvalue weighted by atomic mass is 9.98. The molecule has 0 bridgehead atoms. The van der Waals surface area contributed by atoms with Gasteiger partial charge in [-0.3, -0.25) is 4.79 Å². The lowest BCUT2D eigenvalue weighted by Gasteiger charge is -2.29. The second kappa shape index (κ2) is 4.22. The number of fused-ring (bicyclic) bond motifs is 1. The number of nitrogens with two attached hydrogens (primary N) is 1. The fourth-order valence-electron chi connectivity index (χ4n) is 2.45. The van der Waals surface area contributed by atoms with Crippen molar-refractivity contribution < 1.29 is 4.79 Å².